The largest absolute Gasteiger partial charge is 0.456 e. The van der Waals surface area contributed by atoms with Crippen LogP contribution in [-0.2, 0) is 0 Å². The molecule has 10 rings (SSSR count). The third-order valence-corrected chi connectivity index (χ3v) is 9.81. The van der Waals surface area contributed by atoms with E-state index in [1.165, 1.54) is 54.2 Å². The van der Waals surface area contributed by atoms with Crippen LogP contribution in [0.3, 0.4) is 0 Å². The molecular formula is C46H29NO. The first-order chi connectivity index (χ1) is 23.8. The summed E-state index contributed by atoms with van der Waals surface area (Å²) in [6.07, 6.45) is 0. The van der Waals surface area contributed by atoms with Crippen LogP contribution in [0, 0.1) is 0 Å². The van der Waals surface area contributed by atoms with E-state index in [4.69, 9.17) is 4.42 Å². The molecule has 48 heavy (non-hydrogen) atoms. The Bertz CT molecular complexity index is 2830. The molecule has 224 valence electrons. The zero-order valence-electron chi connectivity index (χ0n) is 26.1. The molecule has 0 spiro atoms. The van der Waals surface area contributed by atoms with Gasteiger partial charge in [0, 0.05) is 27.8 Å². The first kappa shape index (κ1) is 26.8. The molecule has 9 aromatic carbocycles. The Morgan fingerprint density at radius 1 is 0.312 bits per heavy atom. The van der Waals surface area contributed by atoms with E-state index in [2.05, 4.69) is 181 Å². The van der Waals surface area contributed by atoms with Crippen molar-refractivity contribution in [1.82, 2.24) is 0 Å². The van der Waals surface area contributed by atoms with Crippen molar-refractivity contribution in [1.29, 1.82) is 0 Å². The summed E-state index contributed by atoms with van der Waals surface area (Å²) in [5.74, 6) is 0. The van der Waals surface area contributed by atoms with Crippen LogP contribution in [0.5, 0.6) is 0 Å². The molecule has 0 saturated carbocycles. The van der Waals surface area contributed by atoms with E-state index in [0.717, 1.165) is 39.0 Å². The monoisotopic (exact) mass is 611 g/mol. The lowest BCUT2D eigenvalue weighted by Gasteiger charge is -2.25. The van der Waals surface area contributed by atoms with Gasteiger partial charge in [-0.15, -0.1) is 0 Å². The number of rotatable bonds is 4. The molecule has 0 unspecified atom stereocenters. The highest BCUT2D eigenvalue weighted by atomic mass is 16.3. The number of anilines is 3. The molecule has 0 saturated heterocycles. The molecular weight excluding hydrogens is 583 g/mol. The molecule has 2 heteroatoms. The van der Waals surface area contributed by atoms with Gasteiger partial charge in [0.1, 0.15) is 11.2 Å². The zero-order chi connectivity index (χ0) is 31.6. The Kier molecular flexibility index (Phi) is 5.91. The van der Waals surface area contributed by atoms with Gasteiger partial charge >= 0.3 is 0 Å². The van der Waals surface area contributed by atoms with Crippen molar-refractivity contribution < 1.29 is 4.42 Å². The Hall–Kier alpha value is -6.38. The minimum Gasteiger partial charge on any atom is -0.456 e. The summed E-state index contributed by atoms with van der Waals surface area (Å²) in [7, 11) is 0. The maximum absolute atomic E-state index is 6.34. The molecule has 1 heterocycles. The molecule has 10 aromatic rings. The fourth-order valence-corrected chi connectivity index (χ4v) is 7.51. The van der Waals surface area contributed by atoms with Crippen LogP contribution in [0.2, 0.25) is 0 Å². The van der Waals surface area contributed by atoms with Gasteiger partial charge < -0.3 is 9.32 Å². The number of nitrogens with zero attached hydrogens (tertiary/aromatic N) is 1. The van der Waals surface area contributed by atoms with Gasteiger partial charge in [-0.3, -0.25) is 0 Å². The molecule has 0 amide bonds. The highest BCUT2D eigenvalue weighted by molar-refractivity contribution is 6.19. The van der Waals surface area contributed by atoms with Gasteiger partial charge in [0.15, 0.2) is 0 Å². The van der Waals surface area contributed by atoms with Gasteiger partial charge in [-0.25, -0.2) is 0 Å². The number of fused-ring (bicyclic) bond motifs is 9. The second kappa shape index (κ2) is 10.6. The average molecular weight is 612 g/mol. The summed E-state index contributed by atoms with van der Waals surface area (Å²) in [4.78, 5) is 2.32. The van der Waals surface area contributed by atoms with Crippen molar-refractivity contribution in [3.63, 3.8) is 0 Å². The fourth-order valence-electron chi connectivity index (χ4n) is 7.51. The van der Waals surface area contributed by atoms with Crippen molar-refractivity contribution in [2.75, 3.05) is 4.90 Å². The van der Waals surface area contributed by atoms with E-state index in [9.17, 15) is 0 Å². The van der Waals surface area contributed by atoms with Crippen molar-refractivity contribution in [2.45, 2.75) is 0 Å². The van der Waals surface area contributed by atoms with E-state index >= 15 is 0 Å². The van der Waals surface area contributed by atoms with Gasteiger partial charge in [0.25, 0.3) is 0 Å². The standard InChI is InChI=1S/C46H29NO/c1-2-12-34(13-3-1)47(36-22-26-45-44(29-36)43-27-32-10-4-5-11-33(32)28-46(43)48-45)35-20-17-31(18-21-35)38-15-8-16-39-40(38)24-25-41-37-14-7-6-9-30(37)19-23-42(39)41/h1-29H. The molecule has 0 N–H and O–H groups in total. The zero-order valence-corrected chi connectivity index (χ0v) is 26.1. The van der Waals surface area contributed by atoms with Crippen LogP contribution in [0.4, 0.5) is 17.1 Å². The fraction of sp³-hybridized carbons (Fsp3) is 0. The van der Waals surface area contributed by atoms with Crippen molar-refractivity contribution >= 4 is 82.1 Å². The number of para-hydroxylation sites is 1. The van der Waals surface area contributed by atoms with E-state index in [0.29, 0.717) is 0 Å². The number of furan rings is 1. The lowest BCUT2D eigenvalue weighted by atomic mass is 9.92. The number of hydrogen-bond donors (Lipinski definition) is 0. The Labute approximate surface area is 277 Å². The lowest BCUT2D eigenvalue weighted by Crippen LogP contribution is -2.09. The van der Waals surface area contributed by atoms with Crippen molar-refractivity contribution in [3.05, 3.63) is 176 Å². The highest BCUT2D eigenvalue weighted by Crippen LogP contribution is 2.41. The predicted molar refractivity (Wildman–Crippen MR) is 204 cm³/mol. The molecule has 0 aliphatic carbocycles. The number of hydrogen-bond acceptors (Lipinski definition) is 2. The lowest BCUT2D eigenvalue weighted by molar-refractivity contribution is 0.669. The summed E-state index contributed by atoms with van der Waals surface area (Å²) < 4.78 is 6.34. The van der Waals surface area contributed by atoms with Crippen LogP contribution in [0.1, 0.15) is 0 Å². The van der Waals surface area contributed by atoms with Gasteiger partial charge in [-0.2, -0.15) is 0 Å². The highest BCUT2D eigenvalue weighted by Gasteiger charge is 2.17. The van der Waals surface area contributed by atoms with Crippen molar-refractivity contribution in [3.8, 4) is 11.1 Å². The molecule has 0 atom stereocenters. The Morgan fingerprint density at radius 2 is 0.917 bits per heavy atom. The van der Waals surface area contributed by atoms with E-state index in [-0.39, 0.29) is 0 Å². The Morgan fingerprint density at radius 3 is 1.77 bits per heavy atom. The van der Waals surface area contributed by atoms with Gasteiger partial charge in [0.05, 0.1) is 0 Å². The third-order valence-electron chi connectivity index (χ3n) is 9.81. The summed E-state index contributed by atoms with van der Waals surface area (Å²) in [5.41, 5.74) is 7.52. The van der Waals surface area contributed by atoms with Gasteiger partial charge in [0.2, 0.25) is 0 Å². The van der Waals surface area contributed by atoms with E-state index < -0.39 is 0 Å². The van der Waals surface area contributed by atoms with E-state index in [1.54, 1.807) is 0 Å². The van der Waals surface area contributed by atoms with Gasteiger partial charge in [-0.1, -0.05) is 121 Å². The minimum atomic E-state index is 0.892. The maximum Gasteiger partial charge on any atom is 0.136 e. The predicted octanol–water partition coefficient (Wildman–Crippen LogP) is 13.3. The topological polar surface area (TPSA) is 16.4 Å². The molecule has 0 aliphatic rings. The summed E-state index contributed by atoms with van der Waals surface area (Å²) in [5, 5.41) is 12.3. The van der Waals surface area contributed by atoms with Crippen LogP contribution >= 0.6 is 0 Å². The quantitative estimate of drug-likeness (QED) is 0.184. The summed E-state index contributed by atoms with van der Waals surface area (Å²) >= 11 is 0. The molecule has 0 fully saturated rings. The molecule has 0 bridgehead atoms. The van der Waals surface area contributed by atoms with E-state index in [1.807, 2.05) is 0 Å². The summed E-state index contributed by atoms with van der Waals surface area (Å²) in [6, 6.07) is 63.3. The second-order valence-electron chi connectivity index (χ2n) is 12.5. The normalized spacial score (nSPS) is 11.8. The third kappa shape index (κ3) is 4.20. The SMILES string of the molecule is c1ccc(N(c2ccc(-c3cccc4c3ccc3c5ccccc5ccc43)cc2)c2ccc3oc4cc5ccccc5cc4c3c2)cc1. The maximum atomic E-state index is 6.34. The second-order valence-corrected chi connectivity index (χ2v) is 12.5. The van der Waals surface area contributed by atoms with Crippen LogP contribution < -0.4 is 4.90 Å². The molecule has 0 aliphatic heterocycles. The average Bonchev–Trinajstić information content (AvgIpc) is 3.51. The molecule has 2 nitrogen and oxygen atoms in total. The van der Waals surface area contributed by atoms with Crippen molar-refractivity contribution in [2.24, 2.45) is 0 Å². The van der Waals surface area contributed by atoms with Crippen LogP contribution in [0.25, 0.3) is 76.2 Å². The smallest absolute Gasteiger partial charge is 0.136 e. The molecule has 1 aromatic heterocycles. The first-order valence-electron chi connectivity index (χ1n) is 16.4. The van der Waals surface area contributed by atoms with Crippen LogP contribution in [0.15, 0.2) is 180 Å². The number of benzene rings is 9. The van der Waals surface area contributed by atoms with Crippen LogP contribution in [-0.4, -0.2) is 0 Å². The Balaban J connectivity index is 1.09. The van der Waals surface area contributed by atoms with Gasteiger partial charge in [-0.05, 0) is 109 Å². The minimum absolute atomic E-state index is 0.892. The molecule has 0 radical (unpaired) electrons. The summed E-state index contributed by atoms with van der Waals surface area (Å²) in [6.45, 7) is 0. The first-order valence-corrected chi connectivity index (χ1v) is 16.4.